The highest BCUT2D eigenvalue weighted by Crippen LogP contribution is 2.32. The summed E-state index contributed by atoms with van der Waals surface area (Å²) in [7, 11) is 0. The zero-order valence-corrected chi connectivity index (χ0v) is 19.9. The van der Waals surface area contributed by atoms with Crippen LogP contribution in [0.4, 0.5) is 5.82 Å². The SMILES string of the molecule is Cc1cccc(-n2nc(-c3ccccc3)cc2NC(=O)CCC(=O)NCc2ccc3c(c2)OCO3)c1. The molecule has 0 radical (unpaired) electrons. The van der Waals surface area contributed by atoms with Crippen molar-refractivity contribution >= 4 is 17.6 Å². The van der Waals surface area contributed by atoms with E-state index in [2.05, 4.69) is 10.6 Å². The Hall–Kier alpha value is -4.59. The molecule has 2 N–H and O–H groups in total. The third-order valence-corrected chi connectivity index (χ3v) is 5.80. The van der Waals surface area contributed by atoms with Gasteiger partial charge in [-0.3, -0.25) is 9.59 Å². The van der Waals surface area contributed by atoms with E-state index in [4.69, 9.17) is 14.6 Å². The van der Waals surface area contributed by atoms with Crippen LogP contribution in [-0.2, 0) is 16.1 Å². The van der Waals surface area contributed by atoms with Crippen molar-refractivity contribution in [2.45, 2.75) is 26.3 Å². The molecule has 3 aromatic carbocycles. The molecule has 1 aliphatic rings. The molecule has 0 aliphatic carbocycles. The van der Waals surface area contributed by atoms with Crippen LogP contribution in [0.3, 0.4) is 0 Å². The summed E-state index contributed by atoms with van der Waals surface area (Å²) in [6.07, 6.45) is 0.118. The summed E-state index contributed by atoms with van der Waals surface area (Å²) < 4.78 is 12.4. The molecule has 2 amide bonds. The topological polar surface area (TPSA) is 94.5 Å². The maximum absolute atomic E-state index is 12.8. The summed E-state index contributed by atoms with van der Waals surface area (Å²) >= 11 is 0. The number of fused-ring (bicyclic) bond motifs is 1. The van der Waals surface area contributed by atoms with Crippen LogP contribution in [0.2, 0.25) is 0 Å². The summed E-state index contributed by atoms with van der Waals surface area (Å²) in [5.41, 5.74) is 4.51. The number of benzene rings is 3. The van der Waals surface area contributed by atoms with Crippen LogP contribution in [0.15, 0.2) is 78.9 Å². The molecule has 0 unspecified atom stereocenters. The first-order valence-corrected chi connectivity index (χ1v) is 11.7. The predicted octanol–water partition coefficient (Wildman–Crippen LogP) is 4.61. The molecular formula is C28H26N4O4. The van der Waals surface area contributed by atoms with Gasteiger partial charge in [-0.25, -0.2) is 4.68 Å². The van der Waals surface area contributed by atoms with Gasteiger partial charge in [0.25, 0.3) is 0 Å². The van der Waals surface area contributed by atoms with Crippen molar-refractivity contribution in [1.82, 2.24) is 15.1 Å². The summed E-state index contributed by atoms with van der Waals surface area (Å²) in [5, 5.41) is 10.5. The third kappa shape index (κ3) is 5.38. The van der Waals surface area contributed by atoms with Crippen LogP contribution in [0.5, 0.6) is 11.5 Å². The van der Waals surface area contributed by atoms with Crippen molar-refractivity contribution in [2.24, 2.45) is 0 Å². The van der Waals surface area contributed by atoms with Gasteiger partial charge >= 0.3 is 0 Å². The lowest BCUT2D eigenvalue weighted by Crippen LogP contribution is -2.24. The molecule has 2 heterocycles. The second-order valence-corrected chi connectivity index (χ2v) is 8.54. The molecule has 0 atom stereocenters. The summed E-state index contributed by atoms with van der Waals surface area (Å²) in [6, 6.07) is 25.0. The molecule has 0 saturated heterocycles. The molecule has 4 aromatic rings. The van der Waals surface area contributed by atoms with E-state index in [1.54, 1.807) is 4.68 Å². The maximum atomic E-state index is 12.8. The molecule has 0 bridgehead atoms. The Bertz CT molecular complexity index is 1400. The van der Waals surface area contributed by atoms with Gasteiger partial charge < -0.3 is 20.1 Å². The molecule has 5 rings (SSSR count). The van der Waals surface area contributed by atoms with Crippen LogP contribution in [0.1, 0.15) is 24.0 Å². The number of anilines is 1. The van der Waals surface area contributed by atoms with Gasteiger partial charge in [0, 0.05) is 31.0 Å². The van der Waals surface area contributed by atoms with Crippen molar-refractivity contribution in [3.8, 4) is 28.4 Å². The van der Waals surface area contributed by atoms with E-state index in [1.165, 1.54) is 0 Å². The van der Waals surface area contributed by atoms with Gasteiger partial charge in [-0.15, -0.1) is 0 Å². The molecule has 1 aliphatic heterocycles. The van der Waals surface area contributed by atoms with Gasteiger partial charge in [0.2, 0.25) is 18.6 Å². The van der Waals surface area contributed by atoms with E-state index in [0.717, 1.165) is 28.1 Å². The Morgan fingerprint density at radius 3 is 2.53 bits per heavy atom. The molecule has 36 heavy (non-hydrogen) atoms. The summed E-state index contributed by atoms with van der Waals surface area (Å²) in [5.74, 6) is 1.44. The molecule has 182 valence electrons. The quantitative estimate of drug-likeness (QED) is 0.382. The molecule has 0 fully saturated rings. The molecular weight excluding hydrogens is 456 g/mol. The van der Waals surface area contributed by atoms with E-state index in [9.17, 15) is 9.59 Å². The smallest absolute Gasteiger partial charge is 0.231 e. The maximum Gasteiger partial charge on any atom is 0.231 e. The molecule has 0 saturated carbocycles. The van der Waals surface area contributed by atoms with Crippen molar-refractivity contribution in [2.75, 3.05) is 12.1 Å². The number of nitrogens with zero attached hydrogens (tertiary/aromatic N) is 2. The number of amides is 2. The standard InChI is InChI=1S/C28H26N4O4/c1-19-6-5-9-22(14-19)32-26(16-23(31-32)21-7-3-2-4-8-21)30-28(34)13-12-27(33)29-17-20-10-11-24-25(15-20)36-18-35-24/h2-11,14-16H,12-13,17-18H2,1H3,(H,29,33)(H,30,34). The number of aromatic nitrogens is 2. The highest BCUT2D eigenvalue weighted by molar-refractivity contribution is 5.93. The second-order valence-electron chi connectivity index (χ2n) is 8.54. The fourth-order valence-corrected chi connectivity index (χ4v) is 3.95. The van der Waals surface area contributed by atoms with Crippen molar-refractivity contribution in [3.63, 3.8) is 0 Å². The van der Waals surface area contributed by atoms with E-state index in [1.807, 2.05) is 85.8 Å². The first kappa shape index (κ1) is 23.2. The van der Waals surface area contributed by atoms with E-state index < -0.39 is 0 Å². The zero-order valence-electron chi connectivity index (χ0n) is 19.9. The number of aryl methyl sites for hydroxylation is 1. The van der Waals surface area contributed by atoms with Crippen LogP contribution in [-0.4, -0.2) is 28.4 Å². The number of ether oxygens (including phenoxy) is 2. The Kier molecular flexibility index (Phi) is 6.66. The summed E-state index contributed by atoms with van der Waals surface area (Å²) in [4.78, 5) is 25.1. The number of nitrogens with one attached hydrogen (secondary N) is 2. The number of carbonyl (C=O) groups is 2. The van der Waals surface area contributed by atoms with Crippen LogP contribution >= 0.6 is 0 Å². The van der Waals surface area contributed by atoms with Gasteiger partial charge in [-0.05, 0) is 42.3 Å². The first-order valence-electron chi connectivity index (χ1n) is 11.7. The van der Waals surface area contributed by atoms with E-state index >= 15 is 0 Å². The first-order chi connectivity index (χ1) is 17.5. The van der Waals surface area contributed by atoms with Crippen molar-refractivity contribution in [3.05, 3.63) is 90.0 Å². The normalized spacial score (nSPS) is 11.8. The Labute approximate surface area is 208 Å². The minimum atomic E-state index is -0.262. The van der Waals surface area contributed by atoms with E-state index in [-0.39, 0.29) is 31.4 Å². The molecule has 0 spiro atoms. The number of hydrogen-bond acceptors (Lipinski definition) is 5. The fourth-order valence-electron chi connectivity index (χ4n) is 3.95. The predicted molar refractivity (Wildman–Crippen MR) is 136 cm³/mol. The minimum absolute atomic E-state index is 0.0483. The Morgan fingerprint density at radius 2 is 1.69 bits per heavy atom. The van der Waals surface area contributed by atoms with Crippen LogP contribution in [0, 0.1) is 6.92 Å². The van der Waals surface area contributed by atoms with E-state index in [0.29, 0.717) is 23.9 Å². The molecule has 8 nitrogen and oxygen atoms in total. The van der Waals surface area contributed by atoms with Gasteiger partial charge in [-0.1, -0.05) is 48.5 Å². The van der Waals surface area contributed by atoms with Gasteiger partial charge in [-0.2, -0.15) is 5.10 Å². The molecule has 1 aromatic heterocycles. The third-order valence-electron chi connectivity index (χ3n) is 5.80. The minimum Gasteiger partial charge on any atom is -0.454 e. The zero-order chi connectivity index (χ0) is 24.9. The lowest BCUT2D eigenvalue weighted by Gasteiger charge is -2.10. The largest absolute Gasteiger partial charge is 0.454 e. The van der Waals surface area contributed by atoms with Crippen molar-refractivity contribution < 1.29 is 19.1 Å². The number of rotatable bonds is 8. The summed E-state index contributed by atoms with van der Waals surface area (Å²) in [6.45, 7) is 2.55. The second kappa shape index (κ2) is 10.4. The average molecular weight is 483 g/mol. The number of hydrogen-bond donors (Lipinski definition) is 2. The average Bonchev–Trinajstić information content (AvgIpc) is 3.53. The highest BCUT2D eigenvalue weighted by atomic mass is 16.7. The lowest BCUT2D eigenvalue weighted by molar-refractivity contribution is -0.124. The molecule has 8 heteroatoms. The van der Waals surface area contributed by atoms with Gasteiger partial charge in [0.05, 0.1) is 11.4 Å². The van der Waals surface area contributed by atoms with Crippen LogP contribution in [0.25, 0.3) is 16.9 Å². The van der Waals surface area contributed by atoms with Gasteiger partial charge in [0.15, 0.2) is 11.5 Å². The monoisotopic (exact) mass is 482 g/mol. The number of carbonyl (C=O) groups excluding carboxylic acids is 2. The Morgan fingerprint density at radius 1 is 0.889 bits per heavy atom. The van der Waals surface area contributed by atoms with Crippen LogP contribution < -0.4 is 20.1 Å². The van der Waals surface area contributed by atoms with Gasteiger partial charge in [0.1, 0.15) is 5.82 Å². The Balaban J connectivity index is 1.22. The van der Waals surface area contributed by atoms with Crippen molar-refractivity contribution in [1.29, 1.82) is 0 Å². The fraction of sp³-hybridized carbons (Fsp3) is 0.179. The lowest BCUT2D eigenvalue weighted by atomic mass is 10.1. The highest BCUT2D eigenvalue weighted by Gasteiger charge is 2.16.